The van der Waals surface area contributed by atoms with Crippen LogP contribution in [0.1, 0.15) is 33.6 Å². The van der Waals surface area contributed by atoms with Crippen molar-refractivity contribution >= 4 is 14.0 Å². The molecule has 1 N–H and O–H groups in total. The van der Waals surface area contributed by atoms with Gasteiger partial charge in [-0.25, -0.2) is 0 Å². The molecular weight excluding hydrogens is 256 g/mol. The molecule has 0 bridgehead atoms. The van der Waals surface area contributed by atoms with Gasteiger partial charge in [0.2, 0.25) is 0 Å². The van der Waals surface area contributed by atoms with E-state index < -0.39 is 8.07 Å². The molecule has 1 fully saturated rings. The lowest BCUT2D eigenvalue weighted by Crippen LogP contribution is -2.67. The molecule has 0 aromatic heterocycles. The van der Waals surface area contributed by atoms with E-state index in [2.05, 4.69) is 44.1 Å². The Kier molecular flexibility index (Phi) is 5.59. The molecule has 0 aromatic rings. The molecule has 19 heavy (non-hydrogen) atoms. The first-order chi connectivity index (χ1) is 8.70. The Labute approximate surface area is 118 Å². The van der Waals surface area contributed by atoms with E-state index in [9.17, 15) is 4.79 Å². The average molecular weight is 286 g/mol. The zero-order valence-corrected chi connectivity index (χ0v) is 14.4. The Bertz CT molecular complexity index is 313. The second-order valence-electron chi connectivity index (χ2n) is 7.04. The number of nitrogens with one attached hydrogen (secondary N) is 1. The van der Waals surface area contributed by atoms with Crippen LogP contribution >= 0.6 is 0 Å². The Balaban J connectivity index is 2.75. The van der Waals surface area contributed by atoms with Gasteiger partial charge in [0.15, 0.2) is 0 Å². The van der Waals surface area contributed by atoms with Gasteiger partial charge in [0.05, 0.1) is 21.6 Å². The number of esters is 1. The molecule has 4 nitrogen and oxygen atoms in total. The second kappa shape index (κ2) is 6.37. The van der Waals surface area contributed by atoms with Crippen LogP contribution in [0.15, 0.2) is 0 Å². The highest BCUT2D eigenvalue weighted by atomic mass is 28.3. The van der Waals surface area contributed by atoms with E-state index in [0.717, 1.165) is 26.1 Å². The van der Waals surface area contributed by atoms with Crippen molar-refractivity contribution in [2.45, 2.75) is 57.5 Å². The van der Waals surface area contributed by atoms with Gasteiger partial charge in [0.1, 0.15) is 0 Å². The SMILES string of the molecule is COC(=O)CCN1CCCNC1[Si](C)(C)C(C)(C)C. The van der Waals surface area contributed by atoms with E-state index in [1.807, 2.05) is 0 Å². The van der Waals surface area contributed by atoms with Crippen LogP contribution in [-0.2, 0) is 9.53 Å². The van der Waals surface area contributed by atoms with Gasteiger partial charge in [-0.15, -0.1) is 0 Å². The van der Waals surface area contributed by atoms with Crippen LogP contribution in [0.25, 0.3) is 0 Å². The quantitative estimate of drug-likeness (QED) is 0.635. The van der Waals surface area contributed by atoms with Crippen molar-refractivity contribution in [3.05, 3.63) is 0 Å². The molecule has 1 rings (SSSR count). The smallest absolute Gasteiger partial charge is 0.306 e. The summed E-state index contributed by atoms with van der Waals surface area (Å²) in [5.74, 6) is 0.338. The van der Waals surface area contributed by atoms with Gasteiger partial charge in [0, 0.05) is 18.9 Å². The fraction of sp³-hybridized carbons (Fsp3) is 0.929. The monoisotopic (exact) mass is 286 g/mol. The van der Waals surface area contributed by atoms with Crippen LogP contribution in [0.3, 0.4) is 0 Å². The van der Waals surface area contributed by atoms with Gasteiger partial charge >= 0.3 is 5.97 Å². The van der Waals surface area contributed by atoms with Gasteiger partial charge < -0.3 is 10.1 Å². The summed E-state index contributed by atoms with van der Waals surface area (Å²) in [6.07, 6.45) is 1.65. The molecule has 0 aromatic carbocycles. The third kappa shape index (κ3) is 4.03. The molecule has 1 atom stereocenters. The van der Waals surface area contributed by atoms with Crippen molar-refractivity contribution in [3.63, 3.8) is 0 Å². The maximum atomic E-state index is 11.3. The number of ether oxygens (including phenoxy) is 1. The fourth-order valence-corrected chi connectivity index (χ4v) is 5.12. The first-order valence-electron chi connectivity index (χ1n) is 7.24. The molecule has 1 heterocycles. The Morgan fingerprint density at radius 1 is 1.42 bits per heavy atom. The number of rotatable bonds is 4. The zero-order valence-electron chi connectivity index (χ0n) is 13.4. The number of hydrogen-bond donors (Lipinski definition) is 1. The molecule has 0 saturated carbocycles. The highest BCUT2D eigenvalue weighted by molar-refractivity contribution is 6.81. The summed E-state index contributed by atoms with van der Waals surface area (Å²) >= 11 is 0. The Morgan fingerprint density at radius 3 is 2.58 bits per heavy atom. The minimum atomic E-state index is -1.49. The lowest BCUT2D eigenvalue weighted by molar-refractivity contribution is -0.141. The van der Waals surface area contributed by atoms with Crippen LogP contribution in [-0.4, -0.2) is 51.5 Å². The summed E-state index contributed by atoms with van der Waals surface area (Å²) in [5, 5.41) is 4.03. The molecule has 1 aliphatic heterocycles. The van der Waals surface area contributed by atoms with Crippen molar-refractivity contribution in [2.24, 2.45) is 0 Å². The maximum absolute atomic E-state index is 11.3. The third-order valence-corrected chi connectivity index (χ3v) is 10.6. The molecule has 0 aliphatic carbocycles. The molecule has 5 heteroatoms. The van der Waals surface area contributed by atoms with Crippen molar-refractivity contribution in [1.29, 1.82) is 0 Å². The van der Waals surface area contributed by atoms with Gasteiger partial charge in [-0.3, -0.25) is 9.69 Å². The standard InChI is InChI=1S/C14H30N2O2Si/c1-14(2,3)19(5,6)13-15-9-7-10-16(13)11-8-12(17)18-4/h13,15H,7-11H2,1-6H3. The van der Waals surface area contributed by atoms with Crippen molar-refractivity contribution in [1.82, 2.24) is 10.2 Å². The Morgan fingerprint density at radius 2 is 2.05 bits per heavy atom. The summed E-state index contributed by atoms with van der Waals surface area (Å²) < 4.78 is 4.75. The number of hydrogen-bond acceptors (Lipinski definition) is 4. The van der Waals surface area contributed by atoms with Crippen LogP contribution in [0.4, 0.5) is 0 Å². The lowest BCUT2D eigenvalue weighted by Gasteiger charge is -2.50. The van der Waals surface area contributed by atoms with Gasteiger partial charge in [-0.05, 0) is 18.0 Å². The third-order valence-electron chi connectivity index (χ3n) is 4.77. The van der Waals surface area contributed by atoms with Crippen LogP contribution in [0.5, 0.6) is 0 Å². The second-order valence-corrected chi connectivity index (χ2v) is 12.5. The molecule has 1 unspecified atom stereocenters. The number of carbonyl (C=O) groups is 1. The highest BCUT2D eigenvalue weighted by Crippen LogP contribution is 2.39. The molecule has 0 amide bonds. The van der Waals surface area contributed by atoms with Crippen molar-refractivity contribution in [2.75, 3.05) is 26.7 Å². The normalized spacial score (nSPS) is 22.3. The number of nitrogens with zero attached hydrogens (tertiary/aromatic N) is 1. The fourth-order valence-electron chi connectivity index (χ4n) is 2.48. The summed E-state index contributed by atoms with van der Waals surface area (Å²) in [6.45, 7) is 14.9. The molecule has 1 saturated heterocycles. The summed E-state index contributed by atoms with van der Waals surface area (Å²) in [4.78, 5) is 13.8. The largest absolute Gasteiger partial charge is 0.469 e. The summed E-state index contributed by atoms with van der Waals surface area (Å²) in [5.41, 5.74) is 0. The first-order valence-corrected chi connectivity index (χ1v) is 10.3. The van der Waals surface area contributed by atoms with Crippen LogP contribution < -0.4 is 5.32 Å². The molecular formula is C14H30N2O2Si. The van der Waals surface area contributed by atoms with E-state index in [1.54, 1.807) is 0 Å². The van der Waals surface area contributed by atoms with E-state index in [1.165, 1.54) is 7.11 Å². The number of methoxy groups -OCH3 is 1. The van der Waals surface area contributed by atoms with Gasteiger partial charge in [-0.1, -0.05) is 33.9 Å². The predicted molar refractivity (Wildman–Crippen MR) is 81.8 cm³/mol. The number of carbonyl (C=O) groups excluding carboxylic acids is 1. The van der Waals surface area contributed by atoms with E-state index in [-0.39, 0.29) is 5.97 Å². The van der Waals surface area contributed by atoms with Gasteiger partial charge in [-0.2, -0.15) is 0 Å². The van der Waals surface area contributed by atoms with Gasteiger partial charge in [0.25, 0.3) is 0 Å². The van der Waals surface area contributed by atoms with Crippen LogP contribution in [0.2, 0.25) is 18.1 Å². The first kappa shape index (κ1) is 16.7. The maximum Gasteiger partial charge on any atom is 0.306 e. The molecule has 0 radical (unpaired) electrons. The Hall–Kier alpha value is -0.393. The van der Waals surface area contributed by atoms with E-state index >= 15 is 0 Å². The van der Waals surface area contributed by atoms with Crippen molar-refractivity contribution < 1.29 is 9.53 Å². The van der Waals surface area contributed by atoms with Crippen molar-refractivity contribution in [3.8, 4) is 0 Å². The van der Waals surface area contributed by atoms with E-state index in [4.69, 9.17) is 4.74 Å². The zero-order chi connectivity index (χ0) is 14.7. The molecule has 112 valence electrons. The minimum absolute atomic E-state index is 0.112. The summed E-state index contributed by atoms with van der Waals surface area (Å²) in [7, 11) is -0.0262. The molecule has 0 spiro atoms. The average Bonchev–Trinajstić information content (AvgIpc) is 2.34. The topological polar surface area (TPSA) is 41.6 Å². The predicted octanol–water partition coefficient (Wildman–Crippen LogP) is 2.22. The molecule has 1 aliphatic rings. The highest BCUT2D eigenvalue weighted by Gasteiger charge is 2.45. The minimum Gasteiger partial charge on any atom is -0.469 e. The van der Waals surface area contributed by atoms with Crippen LogP contribution in [0, 0.1) is 0 Å². The summed E-state index contributed by atoms with van der Waals surface area (Å²) in [6, 6.07) is 0. The lowest BCUT2D eigenvalue weighted by atomic mass is 10.2. The van der Waals surface area contributed by atoms with E-state index in [0.29, 0.717) is 17.2 Å².